The fourth-order valence-corrected chi connectivity index (χ4v) is 6.81. The number of rotatable bonds is 15. The highest BCUT2D eigenvalue weighted by molar-refractivity contribution is 6.31. The molecule has 64 heavy (non-hydrogen) atoms. The second-order valence-corrected chi connectivity index (χ2v) is 15.4. The van der Waals surface area contributed by atoms with Gasteiger partial charge in [0.1, 0.15) is 11.5 Å². The number of nitriles is 2. The summed E-state index contributed by atoms with van der Waals surface area (Å²) in [4.78, 5) is 51.0. The third kappa shape index (κ3) is 11.3. The first kappa shape index (κ1) is 46.1. The molecule has 0 aliphatic carbocycles. The Kier molecular flexibility index (Phi) is 14.5. The molecule has 4 aromatic carbocycles. The molecule has 0 amide bonds. The number of carbonyl (C=O) groups excluding carboxylic acids is 2. The molecule has 2 heterocycles. The van der Waals surface area contributed by atoms with Crippen LogP contribution in [-0.2, 0) is 45.4 Å². The van der Waals surface area contributed by atoms with Gasteiger partial charge in [-0.25, -0.2) is 8.78 Å². The lowest BCUT2D eigenvalue weighted by molar-refractivity contribution is -0.155. The maximum Gasteiger partial charge on any atom is 0.308 e. The molecule has 6 rings (SSSR count). The Bertz CT molecular complexity index is 2830. The molecule has 0 N–H and O–H groups in total. The van der Waals surface area contributed by atoms with E-state index in [9.17, 15) is 29.7 Å². The van der Waals surface area contributed by atoms with Crippen molar-refractivity contribution in [2.24, 2.45) is 0 Å². The highest BCUT2D eigenvalue weighted by Gasteiger charge is 2.20. The SMILES string of the molecule is Cc1ccc(Cc2cc(C)c(=O)n(COC(=O)CCC(=O)OCn3nc(Cc4ccc(C)c(Oc5cc(Cl)cc(C#N)c5)c4F)cc(C)c3=O)n2)c(F)c1Oc1cc(Cl)cc(C#N)c1. The van der Waals surface area contributed by atoms with Crippen molar-refractivity contribution in [2.75, 3.05) is 0 Å². The number of ether oxygens (including phenoxy) is 4. The first-order valence-electron chi connectivity index (χ1n) is 19.3. The maximum atomic E-state index is 15.8. The van der Waals surface area contributed by atoms with E-state index in [1.54, 1.807) is 38.1 Å². The fourth-order valence-electron chi connectivity index (χ4n) is 6.36. The van der Waals surface area contributed by atoms with Gasteiger partial charge < -0.3 is 18.9 Å². The van der Waals surface area contributed by atoms with Crippen molar-refractivity contribution in [1.29, 1.82) is 10.5 Å². The summed E-state index contributed by atoms with van der Waals surface area (Å²) in [6, 6.07) is 21.9. The lowest BCUT2D eigenvalue weighted by Crippen LogP contribution is -2.29. The van der Waals surface area contributed by atoms with Crippen LogP contribution in [0, 0.1) is 62.0 Å². The first-order valence-corrected chi connectivity index (χ1v) is 20.1. The minimum Gasteiger partial charge on any atom is -0.454 e. The van der Waals surface area contributed by atoms with Crippen molar-refractivity contribution in [3.63, 3.8) is 0 Å². The Morgan fingerprint density at radius 3 is 1.38 bits per heavy atom. The average Bonchev–Trinajstić information content (AvgIpc) is 3.25. The summed E-state index contributed by atoms with van der Waals surface area (Å²) in [7, 11) is 0. The standard InChI is InChI=1S/C46H36Cl2F2N6O8/c1-25-5-7-31(41(49)43(25)63-37-15-29(21-51)13-33(47)19-37)17-35-11-27(3)45(59)55(53-35)23-61-39(57)9-10-40(58)62-24-56-46(60)28(4)12-36(54-56)18-32-8-6-26(2)44(42(32)50)64-38-16-30(22-52)14-34(48)20-38/h5-8,11-16,19-20H,9-10,17-18,23-24H2,1-4H3. The molecule has 0 radical (unpaired) electrons. The van der Waals surface area contributed by atoms with Crippen molar-refractivity contribution in [2.45, 2.75) is 66.8 Å². The smallest absolute Gasteiger partial charge is 0.308 e. The number of aryl methyl sites for hydroxylation is 4. The molecule has 0 aliphatic rings. The highest BCUT2D eigenvalue weighted by atomic mass is 35.5. The van der Waals surface area contributed by atoms with Crippen LogP contribution in [-0.4, -0.2) is 31.5 Å². The zero-order valence-corrected chi connectivity index (χ0v) is 36.1. The van der Waals surface area contributed by atoms with Crippen LogP contribution in [0.5, 0.6) is 23.0 Å². The summed E-state index contributed by atoms with van der Waals surface area (Å²) in [5.74, 6) is -2.95. The molecule has 6 aromatic rings. The third-order valence-electron chi connectivity index (χ3n) is 9.57. The minimum atomic E-state index is -0.863. The molecular weight excluding hydrogens is 873 g/mol. The molecule has 0 aliphatic heterocycles. The quantitative estimate of drug-likeness (QED) is 0.0894. The predicted molar refractivity (Wildman–Crippen MR) is 228 cm³/mol. The number of halogens is 4. The van der Waals surface area contributed by atoms with Gasteiger partial charge in [-0.2, -0.15) is 30.1 Å². The molecule has 0 spiro atoms. The minimum absolute atomic E-state index is 0.0715. The lowest BCUT2D eigenvalue weighted by atomic mass is 10.0. The lowest BCUT2D eigenvalue weighted by Gasteiger charge is -2.14. The van der Waals surface area contributed by atoms with E-state index in [0.29, 0.717) is 11.1 Å². The number of nitrogens with zero attached hydrogens (tertiary/aromatic N) is 6. The number of esters is 2. The zero-order valence-electron chi connectivity index (χ0n) is 34.6. The fraction of sp³-hybridized carbons (Fsp3) is 0.217. The van der Waals surface area contributed by atoms with Crippen LogP contribution in [0.4, 0.5) is 8.78 Å². The van der Waals surface area contributed by atoms with Crippen LogP contribution >= 0.6 is 23.2 Å². The van der Waals surface area contributed by atoms with Gasteiger partial charge in [0.2, 0.25) is 0 Å². The molecule has 0 unspecified atom stereocenters. The zero-order chi connectivity index (χ0) is 46.2. The Hall–Kier alpha value is -7.40. The highest BCUT2D eigenvalue weighted by Crippen LogP contribution is 2.34. The molecule has 14 nitrogen and oxygen atoms in total. The normalized spacial score (nSPS) is 10.8. The van der Waals surface area contributed by atoms with Gasteiger partial charge in [0.15, 0.2) is 36.6 Å². The number of benzene rings is 4. The van der Waals surface area contributed by atoms with Crippen LogP contribution in [0.1, 0.15) is 68.7 Å². The topological polar surface area (TPSA) is 188 Å². The summed E-state index contributed by atoms with van der Waals surface area (Å²) in [6.45, 7) is 5.13. The Balaban J connectivity index is 1.04. The van der Waals surface area contributed by atoms with Gasteiger partial charge in [0.25, 0.3) is 11.1 Å². The van der Waals surface area contributed by atoms with Crippen LogP contribution < -0.4 is 20.6 Å². The van der Waals surface area contributed by atoms with Gasteiger partial charge in [-0.3, -0.25) is 19.2 Å². The second kappa shape index (κ2) is 20.2. The van der Waals surface area contributed by atoms with E-state index < -0.39 is 61.0 Å². The number of aromatic nitrogens is 4. The van der Waals surface area contributed by atoms with Crippen LogP contribution in [0.15, 0.2) is 82.4 Å². The van der Waals surface area contributed by atoms with E-state index in [1.165, 1.54) is 62.4 Å². The second-order valence-electron chi connectivity index (χ2n) is 14.5. The van der Waals surface area contributed by atoms with E-state index in [1.807, 2.05) is 12.1 Å². The summed E-state index contributed by atoms with van der Waals surface area (Å²) < 4.78 is 55.4. The van der Waals surface area contributed by atoms with Gasteiger partial charge in [0, 0.05) is 34.0 Å². The van der Waals surface area contributed by atoms with E-state index in [-0.39, 0.29) is 90.7 Å². The van der Waals surface area contributed by atoms with Crippen molar-refractivity contribution < 1.29 is 37.3 Å². The van der Waals surface area contributed by atoms with Crippen LogP contribution in [0.25, 0.3) is 0 Å². The van der Waals surface area contributed by atoms with Crippen molar-refractivity contribution in [1.82, 2.24) is 19.6 Å². The molecule has 18 heteroatoms. The van der Waals surface area contributed by atoms with Gasteiger partial charge in [-0.1, -0.05) is 47.5 Å². The molecule has 0 atom stereocenters. The summed E-state index contributed by atoms with van der Waals surface area (Å²) in [5, 5.41) is 27.5. The summed E-state index contributed by atoms with van der Waals surface area (Å²) in [6.07, 6.45) is -1.04. The van der Waals surface area contributed by atoms with E-state index in [4.69, 9.17) is 42.1 Å². The van der Waals surface area contributed by atoms with Crippen molar-refractivity contribution in [3.8, 4) is 35.1 Å². The van der Waals surface area contributed by atoms with E-state index in [0.717, 1.165) is 9.36 Å². The number of hydrogen-bond acceptors (Lipinski definition) is 12. The van der Waals surface area contributed by atoms with Gasteiger partial charge in [0.05, 0.1) is 47.5 Å². The van der Waals surface area contributed by atoms with Crippen LogP contribution in [0.2, 0.25) is 10.0 Å². The average molecular weight is 910 g/mol. The Morgan fingerprint density at radius 2 is 1.00 bits per heavy atom. The van der Waals surface area contributed by atoms with Gasteiger partial charge in [-0.05, 0) is 98.5 Å². The van der Waals surface area contributed by atoms with Gasteiger partial charge in [-0.15, -0.1) is 0 Å². The molecule has 326 valence electrons. The molecule has 0 saturated carbocycles. The largest absolute Gasteiger partial charge is 0.454 e. The summed E-state index contributed by atoms with van der Waals surface area (Å²) >= 11 is 12.2. The van der Waals surface area contributed by atoms with Gasteiger partial charge >= 0.3 is 11.9 Å². The van der Waals surface area contributed by atoms with Crippen molar-refractivity contribution in [3.05, 3.63) is 171 Å². The van der Waals surface area contributed by atoms with Crippen molar-refractivity contribution >= 4 is 35.1 Å². The van der Waals surface area contributed by atoms with E-state index >= 15 is 8.78 Å². The first-order chi connectivity index (χ1) is 30.5. The monoisotopic (exact) mass is 908 g/mol. The molecule has 0 fully saturated rings. The number of carbonyl (C=O) groups is 2. The Morgan fingerprint density at radius 1 is 0.609 bits per heavy atom. The third-order valence-corrected chi connectivity index (χ3v) is 10.0. The maximum absolute atomic E-state index is 15.8. The molecule has 0 bridgehead atoms. The Labute approximate surface area is 374 Å². The molecular formula is C46H36Cl2F2N6O8. The molecule has 0 saturated heterocycles. The predicted octanol–water partition coefficient (Wildman–Crippen LogP) is 8.61. The van der Waals surface area contributed by atoms with E-state index in [2.05, 4.69) is 10.2 Å². The number of hydrogen-bond donors (Lipinski definition) is 0. The summed E-state index contributed by atoms with van der Waals surface area (Å²) in [5.41, 5.74) is 1.67. The van der Waals surface area contributed by atoms with Crippen LogP contribution in [0.3, 0.4) is 0 Å². The molecule has 2 aromatic heterocycles.